The van der Waals surface area contributed by atoms with Gasteiger partial charge in [0, 0.05) is 4.32 Å². The van der Waals surface area contributed by atoms with Crippen LogP contribution in [-0.4, -0.2) is 4.32 Å². The van der Waals surface area contributed by atoms with Crippen molar-refractivity contribution in [1.29, 1.82) is 0 Å². The molecule has 0 saturated carbocycles. The maximum Gasteiger partial charge on any atom is 0.0275 e. The van der Waals surface area contributed by atoms with Crippen molar-refractivity contribution in [3.05, 3.63) is 0 Å². The summed E-state index contributed by atoms with van der Waals surface area (Å²) in [7, 11) is 0. The minimum Gasteiger partial charge on any atom is -0.0851 e. The zero-order chi connectivity index (χ0) is 7.49. The summed E-state index contributed by atoms with van der Waals surface area (Å²) in [5, 5.41) is 0. The molecule has 0 heterocycles. The summed E-state index contributed by atoms with van der Waals surface area (Å²) in [4.78, 5) is 0. The van der Waals surface area contributed by atoms with Crippen LogP contribution in [0, 0.1) is 5.92 Å². The lowest BCUT2D eigenvalue weighted by Gasteiger charge is -2.28. The molecule has 0 fully saturated rings. The fourth-order valence-corrected chi connectivity index (χ4v) is 1.07. The molecule has 0 N–H and O–H groups in total. The predicted molar refractivity (Wildman–Crippen MR) is 47.1 cm³/mol. The third-order valence-electron chi connectivity index (χ3n) is 2.21. The summed E-state index contributed by atoms with van der Waals surface area (Å²) in [5.74, 6) is 0.743. The van der Waals surface area contributed by atoms with Gasteiger partial charge < -0.3 is 0 Å². The molecule has 9 heavy (non-hydrogen) atoms. The van der Waals surface area contributed by atoms with Gasteiger partial charge in [0.15, 0.2) is 0 Å². The maximum absolute atomic E-state index is 3.75. The van der Waals surface area contributed by atoms with Crippen LogP contribution in [-0.2, 0) is 0 Å². The van der Waals surface area contributed by atoms with Crippen LogP contribution in [0.3, 0.4) is 0 Å². The Morgan fingerprint density at radius 3 is 1.56 bits per heavy atom. The predicted octanol–water partition coefficient (Wildman–Crippen LogP) is 3.60. The Kier molecular flexibility index (Phi) is 3.79. The van der Waals surface area contributed by atoms with E-state index in [2.05, 4.69) is 43.6 Å². The summed E-state index contributed by atoms with van der Waals surface area (Å²) in [5.41, 5.74) is 0. The topological polar surface area (TPSA) is 0 Å². The van der Waals surface area contributed by atoms with Gasteiger partial charge in [0.2, 0.25) is 0 Å². The third-order valence-corrected chi connectivity index (χ3v) is 4.25. The van der Waals surface area contributed by atoms with Gasteiger partial charge >= 0.3 is 0 Å². The molecule has 1 heteroatoms. The first-order valence-electron chi connectivity index (χ1n) is 3.75. The normalized spacial score (nSPS) is 12.7. The van der Waals surface area contributed by atoms with Crippen LogP contribution in [0.2, 0.25) is 0 Å². The summed E-state index contributed by atoms with van der Waals surface area (Å²) in [6.45, 7) is 9.00. The first-order chi connectivity index (χ1) is 4.06. The second-order valence-electron chi connectivity index (χ2n) is 2.90. The zero-order valence-electron chi connectivity index (χ0n) is 6.87. The van der Waals surface area contributed by atoms with Crippen LogP contribution in [0.1, 0.15) is 40.5 Å². The van der Waals surface area contributed by atoms with E-state index in [4.69, 9.17) is 0 Å². The molecule has 0 aromatic heterocycles. The van der Waals surface area contributed by atoms with E-state index >= 15 is 0 Å². The van der Waals surface area contributed by atoms with E-state index in [1.54, 1.807) is 0 Å². The van der Waals surface area contributed by atoms with Crippen molar-refractivity contribution in [3.8, 4) is 0 Å². The lowest BCUT2D eigenvalue weighted by atomic mass is 9.91. The Bertz CT molecular complexity index is 72.6. The summed E-state index contributed by atoms with van der Waals surface area (Å²) < 4.78 is 0.396. The van der Waals surface area contributed by atoms with Crippen LogP contribution < -0.4 is 0 Å². The number of halogens is 1. The fraction of sp³-hybridized carbons (Fsp3) is 1.00. The number of rotatable bonds is 3. The molecule has 0 bridgehead atoms. The Hall–Kier alpha value is 0.480. The fourth-order valence-electron chi connectivity index (χ4n) is 1.07. The first kappa shape index (κ1) is 9.48. The van der Waals surface area contributed by atoms with E-state index < -0.39 is 0 Å². The molecule has 56 valence electrons. The van der Waals surface area contributed by atoms with Crippen molar-refractivity contribution in [2.45, 2.75) is 44.9 Å². The van der Waals surface area contributed by atoms with Gasteiger partial charge in [-0.3, -0.25) is 0 Å². The third kappa shape index (κ3) is 2.29. The van der Waals surface area contributed by atoms with E-state index in [0.717, 1.165) is 5.92 Å². The van der Waals surface area contributed by atoms with Crippen LogP contribution in [0.15, 0.2) is 0 Å². The monoisotopic (exact) mass is 192 g/mol. The van der Waals surface area contributed by atoms with Gasteiger partial charge in [-0.15, -0.1) is 0 Å². The van der Waals surface area contributed by atoms with Gasteiger partial charge in [-0.2, -0.15) is 0 Å². The van der Waals surface area contributed by atoms with Gasteiger partial charge in [0.25, 0.3) is 0 Å². The second-order valence-corrected chi connectivity index (χ2v) is 4.48. The first-order valence-corrected chi connectivity index (χ1v) is 4.55. The molecule has 0 rings (SSSR count). The quantitative estimate of drug-likeness (QED) is 0.600. The molecule has 0 radical (unpaired) electrons. The zero-order valence-corrected chi connectivity index (χ0v) is 8.46. The molecule has 0 spiro atoms. The Morgan fingerprint density at radius 1 is 1.22 bits per heavy atom. The van der Waals surface area contributed by atoms with E-state index in [1.165, 1.54) is 12.8 Å². The minimum absolute atomic E-state index is 0.396. The number of hydrogen-bond acceptors (Lipinski definition) is 0. The lowest BCUT2D eigenvalue weighted by Crippen LogP contribution is -2.25. The second kappa shape index (κ2) is 3.60. The average molecular weight is 193 g/mol. The van der Waals surface area contributed by atoms with Gasteiger partial charge in [-0.25, -0.2) is 0 Å². The summed E-state index contributed by atoms with van der Waals surface area (Å²) in [6.07, 6.45) is 2.45. The largest absolute Gasteiger partial charge is 0.0851 e. The molecule has 0 aliphatic heterocycles. The Balaban J connectivity index is 3.92. The molecule has 0 saturated heterocycles. The van der Waals surface area contributed by atoms with E-state index in [-0.39, 0.29) is 0 Å². The van der Waals surface area contributed by atoms with Crippen molar-refractivity contribution in [2.75, 3.05) is 0 Å². The smallest absolute Gasteiger partial charge is 0.0275 e. The number of alkyl halides is 1. The van der Waals surface area contributed by atoms with Crippen LogP contribution in [0.5, 0.6) is 0 Å². The average Bonchev–Trinajstić information content (AvgIpc) is 1.86. The minimum atomic E-state index is 0.396. The van der Waals surface area contributed by atoms with Gasteiger partial charge in [0.05, 0.1) is 0 Å². The molecule has 0 aromatic carbocycles. The van der Waals surface area contributed by atoms with E-state index in [9.17, 15) is 0 Å². The SMILES string of the molecule is CCC(Br)(CC)C(C)C. The standard InChI is InChI=1S/C8H17Br/c1-5-8(9,6-2)7(3)4/h7H,5-6H2,1-4H3. The summed E-state index contributed by atoms with van der Waals surface area (Å²) in [6, 6.07) is 0. The van der Waals surface area contributed by atoms with Gasteiger partial charge in [-0.1, -0.05) is 43.6 Å². The highest BCUT2D eigenvalue weighted by molar-refractivity contribution is 9.10. The van der Waals surface area contributed by atoms with E-state index in [0.29, 0.717) is 4.32 Å². The molecule has 0 aliphatic rings. The van der Waals surface area contributed by atoms with Crippen molar-refractivity contribution in [1.82, 2.24) is 0 Å². The highest BCUT2D eigenvalue weighted by Gasteiger charge is 2.25. The Labute approximate surface area is 67.2 Å². The van der Waals surface area contributed by atoms with E-state index in [1.807, 2.05) is 0 Å². The molecule has 0 amide bonds. The number of hydrogen-bond donors (Lipinski definition) is 0. The molecular weight excluding hydrogens is 176 g/mol. The van der Waals surface area contributed by atoms with Crippen molar-refractivity contribution >= 4 is 15.9 Å². The summed E-state index contributed by atoms with van der Waals surface area (Å²) >= 11 is 3.75. The highest BCUT2D eigenvalue weighted by Crippen LogP contribution is 2.34. The van der Waals surface area contributed by atoms with Gasteiger partial charge in [-0.05, 0) is 18.8 Å². The molecule has 0 atom stereocenters. The maximum atomic E-state index is 3.75. The van der Waals surface area contributed by atoms with Crippen LogP contribution in [0.25, 0.3) is 0 Å². The molecular formula is C8H17Br. The van der Waals surface area contributed by atoms with Gasteiger partial charge in [0.1, 0.15) is 0 Å². The highest BCUT2D eigenvalue weighted by atomic mass is 79.9. The van der Waals surface area contributed by atoms with Crippen LogP contribution in [0.4, 0.5) is 0 Å². The lowest BCUT2D eigenvalue weighted by molar-refractivity contribution is 0.420. The Morgan fingerprint density at radius 2 is 1.56 bits per heavy atom. The molecule has 0 aliphatic carbocycles. The molecule has 0 aromatic rings. The molecule has 0 nitrogen and oxygen atoms in total. The van der Waals surface area contributed by atoms with Crippen LogP contribution >= 0.6 is 15.9 Å². The van der Waals surface area contributed by atoms with Crippen molar-refractivity contribution in [2.24, 2.45) is 5.92 Å². The van der Waals surface area contributed by atoms with Crippen molar-refractivity contribution < 1.29 is 0 Å². The molecule has 0 unspecified atom stereocenters. The van der Waals surface area contributed by atoms with Crippen molar-refractivity contribution in [3.63, 3.8) is 0 Å².